The number of hydrogen-bond acceptors (Lipinski definition) is 6. The Kier molecular flexibility index (Phi) is 9.62. The average molecular weight is 571 g/mol. The van der Waals surface area contributed by atoms with Gasteiger partial charge in [-0.3, -0.25) is 19.3 Å². The SMILES string of the molecule is COC1CC[C@H](NC(=O)[C@H](C)N(C)C(=O)OC(C)(C)C)C(=O)N2[C@H](CC[C@H]2C(=O)N[C@@H]2CCCc3ccccc32)C1. The van der Waals surface area contributed by atoms with E-state index in [2.05, 4.69) is 22.8 Å². The summed E-state index contributed by atoms with van der Waals surface area (Å²) < 4.78 is 11.1. The van der Waals surface area contributed by atoms with Gasteiger partial charge in [0, 0.05) is 20.2 Å². The fourth-order valence-electron chi connectivity index (χ4n) is 6.26. The Morgan fingerprint density at radius 2 is 1.76 bits per heavy atom. The second kappa shape index (κ2) is 12.8. The van der Waals surface area contributed by atoms with E-state index >= 15 is 0 Å². The topological polar surface area (TPSA) is 117 Å². The van der Waals surface area contributed by atoms with Crippen molar-refractivity contribution >= 4 is 23.8 Å². The molecule has 4 rings (SSSR count). The molecule has 10 heteroatoms. The van der Waals surface area contributed by atoms with Crippen molar-refractivity contribution in [1.82, 2.24) is 20.4 Å². The molecule has 226 valence electrons. The summed E-state index contributed by atoms with van der Waals surface area (Å²) in [4.78, 5) is 56.4. The Balaban J connectivity index is 1.49. The van der Waals surface area contributed by atoms with Crippen LogP contribution in [0.1, 0.15) is 89.8 Å². The zero-order valence-electron chi connectivity index (χ0n) is 25.3. The Morgan fingerprint density at radius 1 is 1.02 bits per heavy atom. The molecule has 2 aliphatic heterocycles. The molecule has 0 spiro atoms. The number of nitrogens with zero attached hydrogens (tertiary/aromatic N) is 2. The minimum absolute atomic E-state index is 0.0807. The summed E-state index contributed by atoms with van der Waals surface area (Å²) in [6, 6.07) is 5.67. The highest BCUT2D eigenvalue weighted by atomic mass is 16.6. The first-order valence-electron chi connectivity index (χ1n) is 14.9. The van der Waals surface area contributed by atoms with Gasteiger partial charge in [-0.1, -0.05) is 24.3 Å². The Hall–Kier alpha value is -3.14. The summed E-state index contributed by atoms with van der Waals surface area (Å²) >= 11 is 0. The maximum Gasteiger partial charge on any atom is 0.410 e. The molecule has 0 saturated carbocycles. The molecule has 2 saturated heterocycles. The van der Waals surface area contributed by atoms with Gasteiger partial charge < -0.3 is 25.0 Å². The van der Waals surface area contributed by atoms with Crippen LogP contribution in [0.15, 0.2) is 24.3 Å². The van der Waals surface area contributed by atoms with Crippen molar-refractivity contribution in [2.24, 2.45) is 0 Å². The molecule has 0 aromatic heterocycles. The van der Waals surface area contributed by atoms with Crippen LogP contribution in [-0.2, 0) is 30.3 Å². The molecule has 2 fully saturated rings. The number of nitrogens with one attached hydrogen (secondary N) is 2. The van der Waals surface area contributed by atoms with E-state index in [1.807, 2.05) is 12.1 Å². The molecule has 0 bridgehead atoms. The van der Waals surface area contributed by atoms with Gasteiger partial charge in [0.15, 0.2) is 0 Å². The fourth-order valence-corrected chi connectivity index (χ4v) is 6.26. The summed E-state index contributed by atoms with van der Waals surface area (Å²) in [7, 11) is 3.16. The maximum atomic E-state index is 14.0. The molecule has 10 nitrogen and oxygen atoms in total. The lowest BCUT2D eigenvalue weighted by molar-refractivity contribution is -0.146. The number of carbonyl (C=O) groups is 4. The number of likely N-dealkylation sites (N-methyl/N-ethyl adjacent to an activating group) is 1. The number of ether oxygens (including phenoxy) is 2. The second-order valence-corrected chi connectivity index (χ2v) is 12.6. The van der Waals surface area contributed by atoms with Crippen molar-refractivity contribution in [1.29, 1.82) is 0 Å². The van der Waals surface area contributed by atoms with Gasteiger partial charge in [-0.25, -0.2) is 4.79 Å². The van der Waals surface area contributed by atoms with Crippen molar-refractivity contribution < 1.29 is 28.7 Å². The Labute approximate surface area is 243 Å². The van der Waals surface area contributed by atoms with Crippen LogP contribution < -0.4 is 10.6 Å². The number of rotatable bonds is 6. The van der Waals surface area contributed by atoms with E-state index in [-0.39, 0.29) is 30.0 Å². The molecule has 3 aliphatic rings. The van der Waals surface area contributed by atoms with E-state index in [1.54, 1.807) is 39.7 Å². The Bertz CT molecular complexity index is 1130. The molecule has 2 N–H and O–H groups in total. The second-order valence-electron chi connectivity index (χ2n) is 12.6. The highest BCUT2D eigenvalue weighted by molar-refractivity contribution is 5.94. The van der Waals surface area contributed by atoms with Crippen molar-refractivity contribution in [2.45, 2.75) is 121 Å². The first-order chi connectivity index (χ1) is 19.4. The van der Waals surface area contributed by atoms with E-state index in [0.717, 1.165) is 24.8 Å². The monoisotopic (exact) mass is 570 g/mol. The van der Waals surface area contributed by atoms with E-state index in [9.17, 15) is 19.2 Å². The van der Waals surface area contributed by atoms with Crippen LogP contribution in [-0.4, -0.2) is 83.6 Å². The van der Waals surface area contributed by atoms with Gasteiger partial charge >= 0.3 is 6.09 Å². The molecule has 6 atom stereocenters. The largest absolute Gasteiger partial charge is 0.444 e. The molecule has 4 amide bonds. The molecule has 0 radical (unpaired) electrons. The van der Waals surface area contributed by atoms with Crippen LogP contribution in [0.4, 0.5) is 4.79 Å². The molecule has 1 aromatic carbocycles. The minimum atomic E-state index is -0.860. The van der Waals surface area contributed by atoms with Gasteiger partial charge in [0.2, 0.25) is 17.7 Å². The van der Waals surface area contributed by atoms with Crippen LogP contribution in [0.5, 0.6) is 0 Å². The van der Waals surface area contributed by atoms with Crippen LogP contribution >= 0.6 is 0 Å². The summed E-state index contributed by atoms with van der Waals surface area (Å²) in [6.07, 6.45) is 5.03. The summed E-state index contributed by atoms with van der Waals surface area (Å²) in [5.41, 5.74) is 1.70. The van der Waals surface area contributed by atoms with Crippen LogP contribution in [0.25, 0.3) is 0 Å². The average Bonchev–Trinajstić information content (AvgIpc) is 3.34. The number of hydrogen-bond donors (Lipinski definition) is 2. The van der Waals surface area contributed by atoms with Crippen molar-refractivity contribution in [3.05, 3.63) is 35.4 Å². The van der Waals surface area contributed by atoms with Gasteiger partial charge in [-0.2, -0.15) is 0 Å². The van der Waals surface area contributed by atoms with Crippen molar-refractivity contribution in [3.8, 4) is 0 Å². The molecular formula is C31H46N4O6. The lowest BCUT2D eigenvalue weighted by Gasteiger charge is -2.38. The van der Waals surface area contributed by atoms with Gasteiger partial charge in [0.05, 0.1) is 12.1 Å². The first kappa shape index (κ1) is 30.8. The number of carbonyl (C=O) groups excluding carboxylic acids is 4. The molecule has 41 heavy (non-hydrogen) atoms. The predicted octanol–water partition coefficient (Wildman–Crippen LogP) is 3.48. The minimum Gasteiger partial charge on any atom is -0.444 e. The van der Waals surface area contributed by atoms with Crippen LogP contribution in [0.3, 0.4) is 0 Å². The highest BCUT2D eigenvalue weighted by Crippen LogP contribution is 2.34. The van der Waals surface area contributed by atoms with E-state index in [4.69, 9.17) is 9.47 Å². The summed E-state index contributed by atoms with van der Waals surface area (Å²) in [6.45, 7) is 6.88. The normalized spacial score (nSPS) is 27.0. The summed E-state index contributed by atoms with van der Waals surface area (Å²) in [5.74, 6) is -0.867. The van der Waals surface area contributed by atoms with Gasteiger partial charge in [-0.05, 0) is 90.2 Å². The number of methoxy groups -OCH3 is 1. The van der Waals surface area contributed by atoms with Gasteiger partial charge in [-0.15, -0.1) is 0 Å². The predicted molar refractivity (Wildman–Crippen MR) is 154 cm³/mol. The Morgan fingerprint density at radius 3 is 2.46 bits per heavy atom. The first-order valence-corrected chi connectivity index (χ1v) is 14.9. The van der Waals surface area contributed by atoms with Crippen LogP contribution in [0, 0.1) is 0 Å². The van der Waals surface area contributed by atoms with E-state index < -0.39 is 35.7 Å². The standard InChI is InChI=1S/C31H46N4O6/c1-19(34(5)30(39)41-31(2,3)4)27(36)33-25-16-15-22(40-6)18-21-14-17-26(35(21)29(25)38)28(37)32-24-13-9-11-20-10-7-8-12-23(20)24/h7-8,10,12,19,21-22,24-26H,9,11,13-18H2,1-6H3,(H,32,37)(H,33,36)/t19-,21+,22?,24+,25-,26-/m0/s1. The number of benzene rings is 1. The lowest BCUT2D eigenvalue weighted by Crippen LogP contribution is -2.59. The lowest BCUT2D eigenvalue weighted by atomic mass is 9.87. The van der Waals surface area contributed by atoms with Crippen LogP contribution in [0.2, 0.25) is 0 Å². The number of fused-ring (bicyclic) bond motifs is 2. The quantitative estimate of drug-likeness (QED) is 0.541. The molecule has 1 aromatic rings. The zero-order valence-corrected chi connectivity index (χ0v) is 25.3. The van der Waals surface area contributed by atoms with E-state index in [0.29, 0.717) is 32.1 Å². The molecule has 1 aliphatic carbocycles. The van der Waals surface area contributed by atoms with Crippen molar-refractivity contribution in [3.63, 3.8) is 0 Å². The summed E-state index contributed by atoms with van der Waals surface area (Å²) in [5, 5.41) is 6.12. The van der Waals surface area contributed by atoms with Gasteiger partial charge in [0.25, 0.3) is 0 Å². The molecule has 2 heterocycles. The van der Waals surface area contributed by atoms with Gasteiger partial charge in [0.1, 0.15) is 23.7 Å². The highest BCUT2D eigenvalue weighted by Gasteiger charge is 2.46. The third-order valence-electron chi connectivity index (χ3n) is 8.65. The number of amides is 4. The van der Waals surface area contributed by atoms with Crippen molar-refractivity contribution in [2.75, 3.05) is 14.2 Å². The third kappa shape index (κ3) is 7.20. The van der Waals surface area contributed by atoms with E-state index in [1.165, 1.54) is 17.5 Å². The fraction of sp³-hybridized carbons (Fsp3) is 0.677. The third-order valence-corrected chi connectivity index (χ3v) is 8.65. The molecular weight excluding hydrogens is 524 g/mol. The zero-order chi connectivity index (χ0) is 29.9. The molecule has 1 unspecified atom stereocenters. The smallest absolute Gasteiger partial charge is 0.410 e. The number of aryl methyl sites for hydroxylation is 1. The maximum absolute atomic E-state index is 14.0.